The van der Waals surface area contributed by atoms with Crippen LogP contribution in [0.1, 0.15) is 31.7 Å². The molecule has 0 aliphatic rings. The van der Waals surface area contributed by atoms with Gasteiger partial charge in [0.1, 0.15) is 12.4 Å². The van der Waals surface area contributed by atoms with Crippen LogP contribution in [0.5, 0.6) is 0 Å². The molecule has 0 aliphatic carbocycles. The minimum atomic E-state index is 0.473. The van der Waals surface area contributed by atoms with Crippen LogP contribution in [0.4, 0.5) is 0 Å². The molecule has 3 rings (SSSR count). The first-order chi connectivity index (χ1) is 14.6. The summed E-state index contributed by atoms with van der Waals surface area (Å²) >= 11 is 0. The van der Waals surface area contributed by atoms with Crippen LogP contribution in [0.25, 0.3) is 11.0 Å². The Morgan fingerprint density at radius 3 is 2.57 bits per heavy atom. The van der Waals surface area contributed by atoms with Gasteiger partial charge in [0.15, 0.2) is 5.96 Å². The molecular formula is C24H34N6. The van der Waals surface area contributed by atoms with E-state index in [1.165, 1.54) is 5.56 Å². The summed E-state index contributed by atoms with van der Waals surface area (Å²) in [6.07, 6.45) is 1.04. The maximum Gasteiger partial charge on any atom is 0.191 e. The first-order valence-corrected chi connectivity index (χ1v) is 10.7. The van der Waals surface area contributed by atoms with Crippen LogP contribution in [-0.4, -0.2) is 46.6 Å². The van der Waals surface area contributed by atoms with Gasteiger partial charge in [0.05, 0.1) is 11.0 Å². The highest BCUT2D eigenvalue weighted by Crippen LogP contribution is 2.14. The molecule has 1 aromatic heterocycles. The highest BCUT2D eigenvalue weighted by molar-refractivity contribution is 5.80. The van der Waals surface area contributed by atoms with Crippen molar-refractivity contribution in [3.8, 4) is 0 Å². The molecule has 6 nitrogen and oxygen atoms in total. The minimum Gasteiger partial charge on any atom is -0.357 e. The van der Waals surface area contributed by atoms with E-state index in [0.717, 1.165) is 48.9 Å². The number of hydrogen-bond acceptors (Lipinski definition) is 3. The van der Waals surface area contributed by atoms with Gasteiger partial charge in [-0.25, -0.2) is 9.98 Å². The second-order valence-corrected chi connectivity index (χ2v) is 7.74. The number of rotatable bonds is 9. The van der Waals surface area contributed by atoms with Crippen LogP contribution in [0.2, 0.25) is 0 Å². The van der Waals surface area contributed by atoms with Crippen molar-refractivity contribution < 1.29 is 0 Å². The first kappa shape index (κ1) is 21.8. The van der Waals surface area contributed by atoms with Crippen LogP contribution in [0.15, 0.2) is 59.6 Å². The number of aromatic nitrogens is 2. The molecule has 0 fully saturated rings. The first-order valence-electron chi connectivity index (χ1n) is 10.7. The number of nitrogens with one attached hydrogen (secondary N) is 2. The Kier molecular flexibility index (Phi) is 7.85. The second kappa shape index (κ2) is 10.8. The number of guanidine groups is 1. The largest absolute Gasteiger partial charge is 0.357 e. The predicted molar refractivity (Wildman–Crippen MR) is 126 cm³/mol. The van der Waals surface area contributed by atoms with Crippen molar-refractivity contribution in [3.05, 3.63) is 66.0 Å². The van der Waals surface area contributed by atoms with E-state index < -0.39 is 0 Å². The van der Waals surface area contributed by atoms with Gasteiger partial charge in [0.2, 0.25) is 0 Å². The third-order valence-electron chi connectivity index (χ3n) is 5.48. The molecule has 3 aromatic rings. The normalized spacial score (nSPS) is 13.0. The molecule has 160 valence electrons. The summed E-state index contributed by atoms with van der Waals surface area (Å²) in [6.45, 7) is 7.57. The lowest BCUT2D eigenvalue weighted by Crippen LogP contribution is -2.40. The lowest BCUT2D eigenvalue weighted by Gasteiger charge is -2.25. The number of hydrogen-bond donors (Lipinski definition) is 2. The smallest absolute Gasteiger partial charge is 0.191 e. The van der Waals surface area contributed by atoms with Gasteiger partial charge >= 0.3 is 0 Å². The maximum atomic E-state index is 4.75. The van der Waals surface area contributed by atoms with E-state index in [0.29, 0.717) is 12.6 Å². The van der Waals surface area contributed by atoms with E-state index in [-0.39, 0.29) is 0 Å². The van der Waals surface area contributed by atoms with Gasteiger partial charge in [0, 0.05) is 32.7 Å². The third-order valence-corrected chi connectivity index (χ3v) is 5.48. The lowest BCUT2D eigenvalue weighted by atomic mass is 10.1. The standard InChI is InChI=1S/C24H34N6/c1-5-25-24(27-17-23-28-21-13-9-10-14-22(21)30(23)4)26-16-15-19(2)29(3)18-20-11-7-6-8-12-20/h6-14,19H,5,15-18H2,1-4H3,(H2,25,26,27). The second-order valence-electron chi connectivity index (χ2n) is 7.74. The molecule has 6 heteroatoms. The fraction of sp³-hybridized carbons (Fsp3) is 0.417. The third kappa shape index (κ3) is 5.83. The van der Waals surface area contributed by atoms with Gasteiger partial charge in [-0.2, -0.15) is 0 Å². The Morgan fingerprint density at radius 2 is 1.83 bits per heavy atom. The number of benzene rings is 2. The van der Waals surface area contributed by atoms with Gasteiger partial charge in [-0.05, 0) is 45.0 Å². The molecule has 2 N–H and O–H groups in total. The molecule has 0 saturated heterocycles. The van der Waals surface area contributed by atoms with Crippen LogP contribution in [0.3, 0.4) is 0 Å². The Bertz CT molecular complexity index is 947. The zero-order valence-electron chi connectivity index (χ0n) is 18.6. The molecule has 0 radical (unpaired) electrons. The summed E-state index contributed by atoms with van der Waals surface area (Å²) < 4.78 is 2.11. The Balaban J connectivity index is 1.52. The van der Waals surface area contributed by atoms with Crippen LogP contribution < -0.4 is 10.6 Å². The van der Waals surface area contributed by atoms with Crippen LogP contribution in [-0.2, 0) is 20.1 Å². The molecule has 0 aliphatic heterocycles. The van der Waals surface area contributed by atoms with Crippen molar-refractivity contribution in [3.63, 3.8) is 0 Å². The monoisotopic (exact) mass is 406 g/mol. The summed E-state index contributed by atoms with van der Waals surface area (Å²) in [5, 5.41) is 6.81. The number of imidazole rings is 1. The summed E-state index contributed by atoms with van der Waals surface area (Å²) in [5.41, 5.74) is 3.49. The molecule has 0 spiro atoms. The number of nitrogens with zero attached hydrogens (tertiary/aromatic N) is 4. The van der Waals surface area contributed by atoms with Gasteiger partial charge in [-0.3, -0.25) is 4.90 Å². The van der Waals surface area contributed by atoms with Crippen LogP contribution >= 0.6 is 0 Å². The van der Waals surface area contributed by atoms with E-state index in [1.54, 1.807) is 0 Å². The van der Waals surface area contributed by atoms with Crippen LogP contribution in [0, 0.1) is 0 Å². The summed E-state index contributed by atoms with van der Waals surface area (Å²) in [4.78, 5) is 11.8. The minimum absolute atomic E-state index is 0.473. The summed E-state index contributed by atoms with van der Waals surface area (Å²) in [6, 6.07) is 19.3. The number of aryl methyl sites for hydroxylation is 1. The molecule has 1 atom stereocenters. The molecule has 1 heterocycles. The van der Waals surface area contributed by atoms with Gasteiger partial charge in [-0.1, -0.05) is 42.5 Å². The summed E-state index contributed by atoms with van der Waals surface area (Å²) in [5.74, 6) is 1.80. The molecule has 0 bridgehead atoms. The fourth-order valence-corrected chi connectivity index (χ4v) is 3.48. The molecule has 1 unspecified atom stereocenters. The van der Waals surface area contributed by atoms with Crippen molar-refractivity contribution in [2.75, 3.05) is 20.1 Å². The Morgan fingerprint density at radius 1 is 1.10 bits per heavy atom. The Labute approximate surface area is 180 Å². The quantitative estimate of drug-likeness (QED) is 0.422. The number of fused-ring (bicyclic) bond motifs is 1. The molecular weight excluding hydrogens is 372 g/mol. The van der Waals surface area contributed by atoms with Crippen molar-refractivity contribution in [1.29, 1.82) is 0 Å². The highest BCUT2D eigenvalue weighted by Gasteiger charge is 2.10. The van der Waals surface area contributed by atoms with Crippen molar-refractivity contribution >= 4 is 17.0 Å². The highest BCUT2D eigenvalue weighted by atomic mass is 15.2. The number of aliphatic imine (C=N–C) groups is 1. The zero-order chi connectivity index (χ0) is 21.3. The predicted octanol–water partition coefficient (Wildman–Crippen LogP) is 3.54. The topological polar surface area (TPSA) is 57.5 Å². The average Bonchev–Trinajstić information content (AvgIpc) is 3.08. The lowest BCUT2D eigenvalue weighted by molar-refractivity contribution is 0.238. The van der Waals surface area contributed by atoms with E-state index in [4.69, 9.17) is 9.98 Å². The fourth-order valence-electron chi connectivity index (χ4n) is 3.48. The van der Waals surface area contributed by atoms with Crippen molar-refractivity contribution in [2.24, 2.45) is 12.0 Å². The average molecular weight is 407 g/mol. The SMILES string of the molecule is CCNC(=NCc1nc2ccccc2n1C)NCCC(C)N(C)Cc1ccccc1. The zero-order valence-corrected chi connectivity index (χ0v) is 18.6. The summed E-state index contributed by atoms with van der Waals surface area (Å²) in [7, 11) is 4.23. The van der Waals surface area contributed by atoms with E-state index in [1.807, 2.05) is 25.2 Å². The van der Waals surface area contributed by atoms with Crippen molar-refractivity contribution in [1.82, 2.24) is 25.1 Å². The van der Waals surface area contributed by atoms with Gasteiger partial charge in [0.25, 0.3) is 0 Å². The maximum absolute atomic E-state index is 4.75. The van der Waals surface area contributed by atoms with Gasteiger partial charge < -0.3 is 15.2 Å². The van der Waals surface area contributed by atoms with E-state index >= 15 is 0 Å². The van der Waals surface area contributed by atoms with E-state index in [9.17, 15) is 0 Å². The number of para-hydroxylation sites is 2. The molecule has 0 saturated carbocycles. The molecule has 0 amide bonds. The molecule has 2 aromatic carbocycles. The Hall–Kier alpha value is -2.86. The van der Waals surface area contributed by atoms with Crippen molar-refractivity contribution in [2.45, 2.75) is 39.4 Å². The molecule has 30 heavy (non-hydrogen) atoms. The van der Waals surface area contributed by atoms with Gasteiger partial charge in [-0.15, -0.1) is 0 Å². The van der Waals surface area contributed by atoms with E-state index in [2.05, 4.69) is 77.4 Å².